The minimum absolute atomic E-state index is 0.245. The number of aromatic nitrogens is 1. The van der Waals surface area contributed by atoms with Gasteiger partial charge in [-0.15, -0.1) is 0 Å². The smallest absolute Gasteiger partial charge is 0.323 e. The quantitative estimate of drug-likeness (QED) is 0.497. The molecule has 7 heteroatoms. The lowest BCUT2D eigenvalue weighted by molar-refractivity contribution is 0.201. The molecule has 0 saturated heterocycles. The molecular weight excluding hydrogens is 366 g/mol. The van der Waals surface area contributed by atoms with Gasteiger partial charge >= 0.3 is 6.03 Å². The van der Waals surface area contributed by atoms with Crippen molar-refractivity contribution in [3.05, 3.63) is 48.2 Å². The van der Waals surface area contributed by atoms with Gasteiger partial charge in [0.1, 0.15) is 6.10 Å². The van der Waals surface area contributed by atoms with E-state index in [4.69, 9.17) is 10.1 Å². The van der Waals surface area contributed by atoms with Gasteiger partial charge in [0.15, 0.2) is 0 Å². The molecule has 4 N–H and O–H groups in total. The summed E-state index contributed by atoms with van der Waals surface area (Å²) in [6, 6.07) is 10.7. The standard InChI is InChI=1S/C22H29N5O2/c1-15(24-2)13-20(23)16-7-9-17(10-8-16)26-22(28)27-18-11-12-21(25-14-18)29-19-5-3-4-6-19/h7-12,14-15,19,23-24H,3-6,13H2,1-2H3,(H2,26,27,28). The van der Waals surface area contributed by atoms with Gasteiger partial charge in [-0.25, -0.2) is 9.78 Å². The molecule has 1 aliphatic carbocycles. The Morgan fingerprint density at radius 3 is 2.41 bits per heavy atom. The summed E-state index contributed by atoms with van der Waals surface area (Å²) in [6.07, 6.45) is 7.08. The zero-order valence-electron chi connectivity index (χ0n) is 17.0. The molecule has 2 aromatic rings. The molecule has 1 atom stereocenters. The Kier molecular flexibility index (Phi) is 7.19. The van der Waals surface area contributed by atoms with Crippen LogP contribution in [0.3, 0.4) is 0 Å². The number of carbonyl (C=O) groups is 1. The van der Waals surface area contributed by atoms with Crippen molar-refractivity contribution in [2.24, 2.45) is 0 Å². The molecule has 0 bridgehead atoms. The van der Waals surface area contributed by atoms with Crippen LogP contribution in [-0.2, 0) is 0 Å². The number of urea groups is 1. The normalized spacial score (nSPS) is 15.0. The molecule has 1 aliphatic rings. The van der Waals surface area contributed by atoms with Crippen molar-refractivity contribution in [1.82, 2.24) is 10.3 Å². The minimum Gasteiger partial charge on any atom is -0.474 e. The van der Waals surface area contributed by atoms with E-state index in [-0.39, 0.29) is 18.2 Å². The van der Waals surface area contributed by atoms with Crippen molar-refractivity contribution >= 4 is 23.1 Å². The van der Waals surface area contributed by atoms with E-state index in [1.165, 1.54) is 12.8 Å². The summed E-state index contributed by atoms with van der Waals surface area (Å²) in [5.74, 6) is 0.591. The Morgan fingerprint density at radius 1 is 1.14 bits per heavy atom. The lowest BCUT2D eigenvalue weighted by atomic mass is 10.0. The third-order valence-electron chi connectivity index (χ3n) is 5.08. The number of nitrogens with one attached hydrogen (secondary N) is 4. The molecule has 1 saturated carbocycles. The average molecular weight is 396 g/mol. The van der Waals surface area contributed by atoms with Crippen molar-refractivity contribution in [1.29, 1.82) is 5.41 Å². The van der Waals surface area contributed by atoms with Crippen LogP contribution < -0.4 is 20.7 Å². The number of hydrogen-bond donors (Lipinski definition) is 4. The third-order valence-corrected chi connectivity index (χ3v) is 5.08. The van der Waals surface area contributed by atoms with E-state index < -0.39 is 0 Å². The number of carbonyl (C=O) groups excluding carboxylic acids is 1. The first-order valence-corrected chi connectivity index (χ1v) is 10.1. The van der Waals surface area contributed by atoms with E-state index >= 15 is 0 Å². The van der Waals surface area contributed by atoms with Crippen LogP contribution >= 0.6 is 0 Å². The zero-order valence-corrected chi connectivity index (χ0v) is 17.0. The van der Waals surface area contributed by atoms with Crippen LogP contribution in [0.2, 0.25) is 0 Å². The molecular formula is C22H29N5O2. The van der Waals surface area contributed by atoms with Crippen LogP contribution in [0, 0.1) is 5.41 Å². The van der Waals surface area contributed by atoms with Gasteiger partial charge in [-0.1, -0.05) is 12.1 Å². The Balaban J connectivity index is 1.49. The second-order valence-electron chi connectivity index (χ2n) is 7.44. The van der Waals surface area contributed by atoms with Crippen molar-refractivity contribution in [3.63, 3.8) is 0 Å². The number of pyridine rings is 1. The fourth-order valence-electron chi connectivity index (χ4n) is 3.28. The molecule has 1 aromatic heterocycles. The highest BCUT2D eigenvalue weighted by molar-refractivity contribution is 6.01. The maximum Gasteiger partial charge on any atom is 0.323 e. The number of ether oxygens (including phenoxy) is 1. The van der Waals surface area contributed by atoms with Crippen LogP contribution in [0.4, 0.5) is 16.2 Å². The van der Waals surface area contributed by atoms with E-state index in [0.29, 0.717) is 29.4 Å². The molecule has 0 spiro atoms. The first kappa shape index (κ1) is 20.8. The second-order valence-corrected chi connectivity index (χ2v) is 7.44. The van der Waals surface area contributed by atoms with Crippen molar-refractivity contribution < 1.29 is 9.53 Å². The molecule has 1 fully saturated rings. The summed E-state index contributed by atoms with van der Waals surface area (Å²) in [7, 11) is 1.88. The maximum absolute atomic E-state index is 12.2. The number of hydrogen-bond acceptors (Lipinski definition) is 5. The second kappa shape index (κ2) is 10.0. The first-order chi connectivity index (χ1) is 14.0. The lowest BCUT2D eigenvalue weighted by Crippen LogP contribution is -2.24. The molecule has 3 rings (SSSR count). The summed E-state index contributed by atoms with van der Waals surface area (Å²) in [5, 5.41) is 16.8. The van der Waals surface area contributed by atoms with Crippen LogP contribution in [0.25, 0.3) is 0 Å². The molecule has 2 amide bonds. The van der Waals surface area contributed by atoms with E-state index in [1.807, 2.05) is 26.1 Å². The monoisotopic (exact) mass is 395 g/mol. The molecule has 0 aliphatic heterocycles. The van der Waals surface area contributed by atoms with Gasteiger partial charge in [0.25, 0.3) is 0 Å². The van der Waals surface area contributed by atoms with E-state index in [0.717, 1.165) is 18.4 Å². The minimum atomic E-state index is -0.345. The molecule has 154 valence electrons. The summed E-state index contributed by atoms with van der Waals surface area (Å²) in [4.78, 5) is 16.5. The Bertz CT molecular complexity index is 814. The SMILES string of the molecule is CNC(C)CC(=N)c1ccc(NC(=O)Nc2ccc(OC3CCCC3)nc2)cc1. The molecule has 0 radical (unpaired) electrons. The fourth-order valence-corrected chi connectivity index (χ4v) is 3.28. The van der Waals surface area contributed by atoms with Gasteiger partial charge < -0.3 is 26.1 Å². The molecule has 1 unspecified atom stereocenters. The van der Waals surface area contributed by atoms with Crippen molar-refractivity contribution in [2.45, 2.75) is 51.2 Å². The molecule has 1 aromatic carbocycles. The number of rotatable bonds is 8. The number of amides is 2. The predicted octanol–water partition coefficient (Wildman–Crippen LogP) is 4.41. The Labute approximate surface area is 171 Å². The van der Waals surface area contributed by atoms with Gasteiger partial charge in [-0.3, -0.25) is 0 Å². The van der Waals surface area contributed by atoms with E-state index in [9.17, 15) is 4.79 Å². The molecule has 7 nitrogen and oxygen atoms in total. The largest absolute Gasteiger partial charge is 0.474 e. The number of benzene rings is 1. The van der Waals surface area contributed by atoms with Gasteiger partial charge in [0.2, 0.25) is 5.88 Å². The fraction of sp³-hybridized carbons (Fsp3) is 0.409. The van der Waals surface area contributed by atoms with Gasteiger partial charge in [-0.2, -0.15) is 0 Å². The van der Waals surface area contributed by atoms with E-state index in [1.54, 1.807) is 30.5 Å². The highest BCUT2D eigenvalue weighted by Crippen LogP contribution is 2.23. The highest BCUT2D eigenvalue weighted by atomic mass is 16.5. The number of nitrogens with zero attached hydrogens (tertiary/aromatic N) is 1. The third kappa shape index (κ3) is 6.29. The summed E-state index contributed by atoms with van der Waals surface area (Å²) >= 11 is 0. The summed E-state index contributed by atoms with van der Waals surface area (Å²) < 4.78 is 5.83. The van der Waals surface area contributed by atoms with Crippen LogP contribution in [0.5, 0.6) is 5.88 Å². The maximum atomic E-state index is 12.2. The van der Waals surface area contributed by atoms with Crippen LogP contribution in [-0.4, -0.2) is 35.9 Å². The van der Waals surface area contributed by atoms with Crippen molar-refractivity contribution in [3.8, 4) is 5.88 Å². The lowest BCUT2D eigenvalue weighted by Gasteiger charge is -2.13. The Hall–Kier alpha value is -2.93. The molecule has 29 heavy (non-hydrogen) atoms. The predicted molar refractivity (Wildman–Crippen MR) is 116 cm³/mol. The highest BCUT2D eigenvalue weighted by Gasteiger charge is 2.17. The van der Waals surface area contributed by atoms with Crippen LogP contribution in [0.15, 0.2) is 42.6 Å². The molecule has 1 heterocycles. The van der Waals surface area contributed by atoms with Gasteiger partial charge in [0, 0.05) is 29.9 Å². The summed E-state index contributed by atoms with van der Waals surface area (Å²) in [6.45, 7) is 2.04. The zero-order chi connectivity index (χ0) is 20.6. The van der Waals surface area contributed by atoms with Gasteiger partial charge in [0.05, 0.1) is 11.9 Å². The van der Waals surface area contributed by atoms with Crippen LogP contribution in [0.1, 0.15) is 44.6 Å². The van der Waals surface area contributed by atoms with Gasteiger partial charge in [-0.05, 0) is 63.4 Å². The summed E-state index contributed by atoms with van der Waals surface area (Å²) in [5.41, 5.74) is 2.67. The van der Waals surface area contributed by atoms with Crippen molar-refractivity contribution in [2.75, 3.05) is 17.7 Å². The number of anilines is 2. The van der Waals surface area contributed by atoms with E-state index in [2.05, 4.69) is 20.9 Å². The Morgan fingerprint density at radius 2 is 1.79 bits per heavy atom. The average Bonchev–Trinajstić information content (AvgIpc) is 3.23. The topological polar surface area (TPSA) is 99.1 Å². The first-order valence-electron chi connectivity index (χ1n) is 10.1.